The maximum Gasteiger partial charge on any atom is 0.410 e. The lowest BCUT2D eigenvalue weighted by molar-refractivity contribution is 0.0158. The summed E-state index contributed by atoms with van der Waals surface area (Å²) < 4.78 is 5.39. The topological polar surface area (TPSA) is 67.6 Å². The molecule has 112 valence electrons. The molecular weight excluding hydrogens is 242 g/mol. The molecule has 0 spiro atoms. The van der Waals surface area contributed by atoms with Crippen molar-refractivity contribution in [3.8, 4) is 0 Å². The van der Waals surface area contributed by atoms with E-state index >= 15 is 0 Å². The Kier molecular flexibility index (Phi) is 5.62. The zero-order valence-electron chi connectivity index (χ0n) is 12.8. The number of amides is 1. The minimum Gasteiger partial charge on any atom is -0.444 e. The molecule has 0 atom stereocenters. The summed E-state index contributed by atoms with van der Waals surface area (Å²) in [6, 6.07) is 0. The Morgan fingerprint density at radius 2 is 1.95 bits per heavy atom. The van der Waals surface area contributed by atoms with Gasteiger partial charge in [0, 0.05) is 18.6 Å². The Morgan fingerprint density at radius 3 is 2.42 bits per heavy atom. The molecule has 0 aromatic heterocycles. The van der Waals surface area contributed by atoms with Crippen LogP contribution in [0.25, 0.3) is 0 Å². The van der Waals surface area contributed by atoms with E-state index in [1.165, 1.54) is 0 Å². The van der Waals surface area contributed by atoms with Crippen LogP contribution in [-0.4, -0.2) is 48.3 Å². The number of nitrogens with zero attached hydrogens (tertiary/aromatic N) is 1. The first-order valence-corrected chi connectivity index (χ1v) is 7.19. The predicted molar refractivity (Wildman–Crippen MR) is 77.1 cm³/mol. The van der Waals surface area contributed by atoms with Gasteiger partial charge in [-0.15, -0.1) is 0 Å². The fourth-order valence-corrected chi connectivity index (χ4v) is 2.18. The van der Waals surface area contributed by atoms with Crippen molar-refractivity contribution in [3.05, 3.63) is 0 Å². The fraction of sp³-hybridized carbons (Fsp3) is 0.929. The van der Waals surface area contributed by atoms with E-state index in [9.17, 15) is 4.79 Å². The van der Waals surface area contributed by atoms with Gasteiger partial charge < -0.3 is 20.7 Å². The van der Waals surface area contributed by atoms with Crippen LogP contribution >= 0.6 is 0 Å². The second kappa shape index (κ2) is 6.57. The first-order chi connectivity index (χ1) is 8.76. The summed E-state index contributed by atoms with van der Waals surface area (Å²) in [6.45, 7) is 11.1. The Bertz CT molecular complexity index is 292. The van der Waals surface area contributed by atoms with Gasteiger partial charge in [-0.3, -0.25) is 0 Å². The minimum atomic E-state index is -0.419. The first kappa shape index (κ1) is 16.2. The maximum absolute atomic E-state index is 12.0. The van der Waals surface area contributed by atoms with Gasteiger partial charge in [-0.1, -0.05) is 0 Å². The third-order valence-electron chi connectivity index (χ3n) is 3.45. The molecule has 5 nitrogen and oxygen atoms in total. The molecule has 1 amide bonds. The van der Waals surface area contributed by atoms with E-state index in [0.717, 1.165) is 38.9 Å². The molecule has 1 saturated heterocycles. The number of carbonyl (C=O) groups is 1. The number of nitrogens with one attached hydrogen (secondary N) is 1. The van der Waals surface area contributed by atoms with Crippen LogP contribution in [0, 0.1) is 0 Å². The summed E-state index contributed by atoms with van der Waals surface area (Å²) in [4.78, 5) is 13.8. The largest absolute Gasteiger partial charge is 0.444 e. The molecule has 5 heteroatoms. The lowest BCUT2D eigenvalue weighted by Gasteiger charge is -2.40. The molecule has 3 N–H and O–H groups in total. The number of carbonyl (C=O) groups excluding carboxylic acids is 1. The van der Waals surface area contributed by atoms with E-state index in [2.05, 4.69) is 12.2 Å². The molecular formula is C14H29N3O2. The van der Waals surface area contributed by atoms with Crippen molar-refractivity contribution in [2.75, 3.05) is 26.2 Å². The molecule has 0 aromatic carbocycles. The van der Waals surface area contributed by atoms with Gasteiger partial charge in [-0.05, 0) is 60.0 Å². The van der Waals surface area contributed by atoms with E-state index in [-0.39, 0.29) is 11.6 Å². The molecule has 1 fully saturated rings. The molecule has 1 aliphatic heterocycles. The van der Waals surface area contributed by atoms with E-state index in [1.54, 1.807) is 4.90 Å². The predicted octanol–water partition coefficient (Wildman–Crippen LogP) is 1.71. The van der Waals surface area contributed by atoms with Crippen molar-refractivity contribution in [2.45, 2.75) is 58.1 Å². The average molecular weight is 271 g/mol. The number of nitrogens with two attached hydrogens (primary N) is 1. The normalized spacial score (nSPS) is 19.3. The first-order valence-electron chi connectivity index (χ1n) is 7.19. The van der Waals surface area contributed by atoms with Gasteiger partial charge in [0.15, 0.2) is 0 Å². The van der Waals surface area contributed by atoms with Gasteiger partial charge in [-0.2, -0.15) is 0 Å². The van der Waals surface area contributed by atoms with Gasteiger partial charge in [0.25, 0.3) is 0 Å². The summed E-state index contributed by atoms with van der Waals surface area (Å²) in [7, 11) is 0. The number of hydrogen-bond acceptors (Lipinski definition) is 4. The molecule has 1 aliphatic rings. The molecule has 1 heterocycles. The van der Waals surface area contributed by atoms with Crippen LogP contribution in [0.3, 0.4) is 0 Å². The molecule has 0 saturated carbocycles. The van der Waals surface area contributed by atoms with Crippen LogP contribution in [-0.2, 0) is 4.74 Å². The van der Waals surface area contributed by atoms with Crippen molar-refractivity contribution in [3.63, 3.8) is 0 Å². The molecule has 19 heavy (non-hydrogen) atoms. The number of piperidine rings is 1. The number of rotatable bonds is 4. The van der Waals surface area contributed by atoms with Crippen molar-refractivity contribution in [2.24, 2.45) is 5.73 Å². The lowest BCUT2D eigenvalue weighted by atomic mass is 9.89. The molecule has 1 rings (SSSR count). The van der Waals surface area contributed by atoms with E-state index in [0.29, 0.717) is 6.54 Å². The highest BCUT2D eigenvalue weighted by molar-refractivity contribution is 5.68. The third-order valence-corrected chi connectivity index (χ3v) is 3.45. The van der Waals surface area contributed by atoms with Crippen LogP contribution in [0.2, 0.25) is 0 Å². The molecule has 0 aromatic rings. The molecule has 0 unspecified atom stereocenters. The van der Waals surface area contributed by atoms with E-state index in [1.807, 2.05) is 20.8 Å². The summed E-state index contributed by atoms with van der Waals surface area (Å²) in [5, 5.41) is 3.55. The minimum absolute atomic E-state index is 0.119. The second-order valence-corrected chi connectivity index (χ2v) is 6.60. The van der Waals surface area contributed by atoms with Gasteiger partial charge in [0.05, 0.1) is 0 Å². The van der Waals surface area contributed by atoms with Crippen molar-refractivity contribution < 1.29 is 9.53 Å². The Balaban J connectivity index is 2.37. The molecule has 0 radical (unpaired) electrons. The highest BCUT2D eigenvalue weighted by atomic mass is 16.6. The Morgan fingerprint density at radius 1 is 1.37 bits per heavy atom. The molecule has 0 bridgehead atoms. The van der Waals surface area contributed by atoms with Crippen molar-refractivity contribution >= 4 is 6.09 Å². The Labute approximate surface area is 116 Å². The van der Waals surface area contributed by atoms with E-state index in [4.69, 9.17) is 10.5 Å². The SMILES string of the molecule is CC1(NCCCN)CCN(C(=O)OC(C)(C)C)CC1. The number of hydrogen-bond donors (Lipinski definition) is 2. The highest BCUT2D eigenvalue weighted by Crippen LogP contribution is 2.23. The van der Waals surface area contributed by atoms with Crippen LogP contribution in [0.4, 0.5) is 4.79 Å². The maximum atomic E-state index is 12.0. The van der Waals surface area contributed by atoms with Crippen LogP contribution < -0.4 is 11.1 Å². The second-order valence-electron chi connectivity index (χ2n) is 6.60. The van der Waals surface area contributed by atoms with Crippen molar-refractivity contribution in [1.29, 1.82) is 0 Å². The van der Waals surface area contributed by atoms with Crippen LogP contribution in [0.1, 0.15) is 47.0 Å². The Hall–Kier alpha value is -0.810. The quantitative estimate of drug-likeness (QED) is 0.764. The van der Waals surface area contributed by atoms with Gasteiger partial charge in [0.2, 0.25) is 0 Å². The zero-order valence-corrected chi connectivity index (χ0v) is 12.8. The highest BCUT2D eigenvalue weighted by Gasteiger charge is 2.32. The lowest BCUT2D eigenvalue weighted by Crippen LogP contribution is -2.53. The van der Waals surface area contributed by atoms with Crippen LogP contribution in [0.15, 0.2) is 0 Å². The third kappa shape index (κ3) is 5.78. The number of ether oxygens (including phenoxy) is 1. The van der Waals surface area contributed by atoms with Gasteiger partial charge >= 0.3 is 6.09 Å². The smallest absolute Gasteiger partial charge is 0.410 e. The standard InChI is InChI=1S/C14H29N3O2/c1-13(2,3)19-12(18)17-10-6-14(4,7-11-17)16-9-5-8-15/h16H,5-11,15H2,1-4H3. The van der Waals surface area contributed by atoms with E-state index < -0.39 is 5.60 Å². The summed E-state index contributed by atoms with van der Waals surface area (Å²) in [5.74, 6) is 0. The van der Waals surface area contributed by atoms with Crippen LogP contribution in [0.5, 0.6) is 0 Å². The zero-order chi connectivity index (χ0) is 14.5. The number of likely N-dealkylation sites (tertiary alicyclic amines) is 1. The van der Waals surface area contributed by atoms with Gasteiger partial charge in [0.1, 0.15) is 5.60 Å². The monoisotopic (exact) mass is 271 g/mol. The summed E-state index contributed by atoms with van der Waals surface area (Å²) >= 11 is 0. The average Bonchev–Trinajstić information content (AvgIpc) is 2.27. The van der Waals surface area contributed by atoms with Crippen molar-refractivity contribution in [1.82, 2.24) is 10.2 Å². The summed E-state index contributed by atoms with van der Waals surface area (Å²) in [5.41, 5.74) is 5.20. The van der Waals surface area contributed by atoms with Gasteiger partial charge in [-0.25, -0.2) is 4.79 Å². The fourth-order valence-electron chi connectivity index (χ4n) is 2.18. The molecule has 0 aliphatic carbocycles. The summed E-state index contributed by atoms with van der Waals surface area (Å²) in [6.07, 6.45) is 2.70.